The average molecular weight is 485 g/mol. The Bertz CT molecular complexity index is 1350. The number of aromatic nitrogens is 4. The quantitative estimate of drug-likeness (QED) is 0.508. The molecule has 186 valence electrons. The topological polar surface area (TPSA) is 99.2 Å². The van der Waals surface area contributed by atoms with E-state index in [4.69, 9.17) is 15.6 Å². The first-order valence-corrected chi connectivity index (χ1v) is 12.4. The zero-order valence-electron chi connectivity index (χ0n) is 20.9. The number of rotatable bonds is 5. The van der Waals surface area contributed by atoms with Gasteiger partial charge >= 0.3 is 0 Å². The van der Waals surface area contributed by atoms with E-state index in [0.717, 1.165) is 48.4 Å². The summed E-state index contributed by atoms with van der Waals surface area (Å²) in [4.78, 5) is 23.2. The molecule has 0 radical (unpaired) electrons. The number of hydrogen-bond donors (Lipinski definition) is 1. The molecule has 5 rings (SSSR count). The molecule has 0 spiro atoms. The summed E-state index contributed by atoms with van der Waals surface area (Å²) >= 11 is 0. The summed E-state index contributed by atoms with van der Waals surface area (Å²) in [7, 11) is 0. The van der Waals surface area contributed by atoms with Crippen molar-refractivity contribution in [3.63, 3.8) is 0 Å². The van der Waals surface area contributed by atoms with Gasteiger partial charge in [0.15, 0.2) is 5.65 Å². The molecule has 36 heavy (non-hydrogen) atoms. The van der Waals surface area contributed by atoms with Crippen LogP contribution in [-0.2, 0) is 4.79 Å². The molecule has 8 heteroatoms. The van der Waals surface area contributed by atoms with Gasteiger partial charge in [-0.05, 0) is 73.6 Å². The smallest absolute Gasteiger partial charge is 0.246 e. The van der Waals surface area contributed by atoms with Crippen molar-refractivity contribution in [1.82, 2.24) is 24.6 Å². The fourth-order valence-electron chi connectivity index (χ4n) is 5.01. The molecule has 1 aliphatic carbocycles. The van der Waals surface area contributed by atoms with E-state index < -0.39 is 0 Å². The number of carbonyl (C=O) groups excluding carboxylic acids is 1. The van der Waals surface area contributed by atoms with Crippen LogP contribution in [0.3, 0.4) is 0 Å². The van der Waals surface area contributed by atoms with Crippen LogP contribution in [0.25, 0.3) is 22.3 Å². The van der Waals surface area contributed by atoms with Crippen molar-refractivity contribution in [2.24, 2.45) is 5.41 Å². The molecule has 1 saturated heterocycles. The maximum Gasteiger partial charge on any atom is 0.246 e. The number of nitrogen functional groups attached to an aromatic ring is 1. The molecule has 1 aliphatic heterocycles. The van der Waals surface area contributed by atoms with Gasteiger partial charge in [0.05, 0.1) is 11.4 Å². The molecule has 1 amide bonds. The van der Waals surface area contributed by atoms with Crippen molar-refractivity contribution in [3.8, 4) is 17.0 Å². The number of nitrogens with two attached hydrogens (primary N) is 1. The maximum atomic E-state index is 12.5. The summed E-state index contributed by atoms with van der Waals surface area (Å²) in [6.07, 6.45) is 12.8. The summed E-state index contributed by atoms with van der Waals surface area (Å²) in [5, 5.41) is 5.74. The van der Waals surface area contributed by atoms with E-state index in [1.54, 1.807) is 0 Å². The minimum atomic E-state index is -0.0676. The number of allylic oxidation sites excluding steroid dienone is 3. The van der Waals surface area contributed by atoms with Gasteiger partial charge < -0.3 is 15.4 Å². The molecule has 0 saturated carbocycles. The normalized spacial score (nSPS) is 19.6. The van der Waals surface area contributed by atoms with E-state index in [1.807, 2.05) is 39.9 Å². The average Bonchev–Trinajstić information content (AvgIpc) is 3.19. The van der Waals surface area contributed by atoms with Crippen molar-refractivity contribution >= 4 is 22.8 Å². The summed E-state index contributed by atoms with van der Waals surface area (Å²) in [5.74, 6) is 1.93. The first-order chi connectivity index (χ1) is 17.3. The molecule has 3 heterocycles. The lowest BCUT2D eigenvalue weighted by Gasteiger charge is -2.26. The highest BCUT2D eigenvalue weighted by Gasteiger charge is 2.34. The Kier molecular flexibility index (Phi) is 6.35. The second kappa shape index (κ2) is 9.60. The third-order valence-corrected chi connectivity index (χ3v) is 6.95. The monoisotopic (exact) mass is 484 g/mol. The van der Waals surface area contributed by atoms with Crippen molar-refractivity contribution in [2.45, 2.75) is 45.6 Å². The van der Waals surface area contributed by atoms with Gasteiger partial charge in [0.25, 0.3) is 0 Å². The molecular weight excluding hydrogens is 452 g/mol. The van der Waals surface area contributed by atoms with Crippen LogP contribution in [0.4, 0.5) is 5.82 Å². The van der Waals surface area contributed by atoms with E-state index in [2.05, 4.69) is 42.5 Å². The van der Waals surface area contributed by atoms with E-state index >= 15 is 0 Å². The first-order valence-electron chi connectivity index (χ1n) is 12.4. The van der Waals surface area contributed by atoms with Gasteiger partial charge in [-0.1, -0.05) is 26.5 Å². The minimum Gasteiger partial charge on any atom is -0.458 e. The molecule has 1 fully saturated rings. The highest BCUT2D eigenvalue weighted by molar-refractivity contribution is 5.98. The van der Waals surface area contributed by atoms with Crippen molar-refractivity contribution in [1.29, 1.82) is 0 Å². The van der Waals surface area contributed by atoms with Crippen LogP contribution in [-0.4, -0.2) is 43.6 Å². The Labute approximate surface area is 211 Å². The molecule has 2 aromatic heterocycles. The predicted molar refractivity (Wildman–Crippen MR) is 141 cm³/mol. The van der Waals surface area contributed by atoms with Crippen LogP contribution < -0.4 is 10.5 Å². The zero-order valence-corrected chi connectivity index (χ0v) is 20.9. The van der Waals surface area contributed by atoms with Crippen LogP contribution in [0.2, 0.25) is 0 Å². The largest absolute Gasteiger partial charge is 0.458 e. The van der Waals surface area contributed by atoms with Crippen LogP contribution in [0.5, 0.6) is 5.75 Å². The molecule has 2 N–H and O–H groups in total. The Balaban J connectivity index is 1.53. The molecule has 0 bridgehead atoms. The fourth-order valence-corrected chi connectivity index (χ4v) is 5.01. The highest BCUT2D eigenvalue weighted by Crippen LogP contribution is 2.39. The van der Waals surface area contributed by atoms with Crippen LogP contribution in [0.15, 0.2) is 67.2 Å². The number of ether oxygens (including phenoxy) is 1. The van der Waals surface area contributed by atoms with Crippen LogP contribution >= 0.6 is 0 Å². The first kappa shape index (κ1) is 23.8. The maximum absolute atomic E-state index is 12.5. The number of nitrogens with zero attached hydrogens (tertiary/aromatic N) is 5. The van der Waals surface area contributed by atoms with E-state index in [1.165, 1.54) is 12.4 Å². The number of fused-ring (bicyclic) bond motifs is 1. The Hall–Kier alpha value is -3.94. The van der Waals surface area contributed by atoms with Gasteiger partial charge in [0, 0.05) is 18.7 Å². The second-order valence-corrected chi connectivity index (χ2v) is 10.2. The Morgan fingerprint density at radius 1 is 1.22 bits per heavy atom. The number of amides is 1. The Morgan fingerprint density at radius 2 is 2.03 bits per heavy atom. The second-order valence-electron chi connectivity index (χ2n) is 10.2. The third-order valence-electron chi connectivity index (χ3n) is 6.95. The van der Waals surface area contributed by atoms with E-state index in [0.29, 0.717) is 29.9 Å². The predicted octanol–water partition coefficient (Wildman–Crippen LogP) is 5.06. The van der Waals surface area contributed by atoms with Gasteiger partial charge in [-0.25, -0.2) is 14.6 Å². The van der Waals surface area contributed by atoms with Crippen LogP contribution in [0, 0.1) is 5.41 Å². The van der Waals surface area contributed by atoms with Crippen molar-refractivity contribution < 1.29 is 9.53 Å². The van der Waals surface area contributed by atoms with Gasteiger partial charge in [-0.15, -0.1) is 0 Å². The summed E-state index contributed by atoms with van der Waals surface area (Å²) < 4.78 is 7.92. The van der Waals surface area contributed by atoms with Gasteiger partial charge in [0.1, 0.15) is 29.3 Å². The molecule has 3 aromatic rings. The van der Waals surface area contributed by atoms with Crippen molar-refractivity contribution in [3.05, 3.63) is 67.2 Å². The van der Waals surface area contributed by atoms with E-state index in [9.17, 15) is 4.79 Å². The molecular formula is C28H32N6O2. The fraction of sp³-hybridized carbons (Fsp3) is 0.357. The standard InChI is InChI=1S/C28H32N6O2/c1-4-23(35)33-15-14-28(2,3)16-20(17-33)34-27-24(26(29)30-18-31-27)25(32-34)19-10-12-22(13-11-19)36-21-8-6-5-7-9-21/h4,6,8-13,18,20H,1,5,7,14-17H2,2-3H3,(H2,29,30,31). The highest BCUT2D eigenvalue weighted by atomic mass is 16.5. The molecule has 1 atom stereocenters. The summed E-state index contributed by atoms with van der Waals surface area (Å²) in [6, 6.07) is 7.76. The van der Waals surface area contributed by atoms with Gasteiger partial charge in [-0.3, -0.25) is 4.79 Å². The molecule has 1 unspecified atom stereocenters. The SMILES string of the molecule is C=CC(=O)N1CCC(C)(C)CC(n2nc(-c3ccc(OC4=CCCC=C4)cc3)c3c(N)ncnc32)C1. The summed E-state index contributed by atoms with van der Waals surface area (Å²) in [6.45, 7) is 9.36. The zero-order chi connectivity index (χ0) is 25.3. The number of anilines is 1. The Morgan fingerprint density at radius 3 is 2.75 bits per heavy atom. The van der Waals surface area contributed by atoms with Gasteiger partial charge in [-0.2, -0.15) is 5.10 Å². The summed E-state index contributed by atoms with van der Waals surface area (Å²) in [5.41, 5.74) is 8.66. The van der Waals surface area contributed by atoms with Gasteiger partial charge in [0.2, 0.25) is 5.91 Å². The number of likely N-dealkylation sites (tertiary alicyclic amines) is 1. The number of carbonyl (C=O) groups is 1. The lowest BCUT2D eigenvalue weighted by molar-refractivity contribution is -0.126. The minimum absolute atomic E-state index is 0.0269. The van der Waals surface area contributed by atoms with Crippen molar-refractivity contribution in [2.75, 3.05) is 18.8 Å². The molecule has 1 aromatic carbocycles. The lowest BCUT2D eigenvalue weighted by Crippen LogP contribution is -2.34. The van der Waals surface area contributed by atoms with Crippen LogP contribution in [0.1, 0.15) is 45.6 Å². The van der Waals surface area contributed by atoms with E-state index in [-0.39, 0.29) is 17.4 Å². The molecule has 2 aliphatic rings. The third kappa shape index (κ3) is 4.76. The number of hydrogen-bond acceptors (Lipinski definition) is 6. The molecule has 8 nitrogen and oxygen atoms in total. The number of benzene rings is 1. The lowest BCUT2D eigenvalue weighted by atomic mass is 9.84.